The topological polar surface area (TPSA) is 73.2 Å². The van der Waals surface area contributed by atoms with Crippen LogP contribution >= 0.6 is 0 Å². The molecule has 4 rings (SSSR count). The average Bonchev–Trinajstić information content (AvgIpc) is 2.75. The Balaban J connectivity index is 1.70. The van der Waals surface area contributed by atoms with Gasteiger partial charge >= 0.3 is 0 Å². The standard InChI is InChI=1S/C22H16FN3O3/c1-29-20-9-5-3-7-17(20)25-21(27)14-10-11-15-18(12-14)24-13-26(22(15)28)19-8-4-2-6-16(19)23/h2-13H,1H3,(H,25,27). The first kappa shape index (κ1) is 18.4. The molecule has 0 aliphatic rings. The Hall–Kier alpha value is -4.00. The summed E-state index contributed by atoms with van der Waals surface area (Å²) in [6.07, 6.45) is 1.25. The van der Waals surface area contributed by atoms with E-state index in [4.69, 9.17) is 4.74 Å². The third-order valence-corrected chi connectivity index (χ3v) is 4.49. The zero-order chi connectivity index (χ0) is 20.4. The van der Waals surface area contributed by atoms with Crippen molar-refractivity contribution in [1.29, 1.82) is 0 Å². The van der Waals surface area contributed by atoms with Crippen molar-refractivity contribution in [1.82, 2.24) is 9.55 Å². The highest BCUT2D eigenvalue weighted by Gasteiger charge is 2.13. The van der Waals surface area contributed by atoms with Crippen molar-refractivity contribution < 1.29 is 13.9 Å². The van der Waals surface area contributed by atoms with E-state index in [1.807, 2.05) is 0 Å². The van der Waals surface area contributed by atoms with Crippen molar-refractivity contribution in [3.05, 3.63) is 94.8 Å². The van der Waals surface area contributed by atoms with Gasteiger partial charge in [0.1, 0.15) is 17.9 Å². The van der Waals surface area contributed by atoms with Gasteiger partial charge in [-0.3, -0.25) is 14.2 Å². The Labute approximate surface area is 165 Å². The summed E-state index contributed by atoms with van der Waals surface area (Å²) in [6, 6.07) is 17.6. The van der Waals surface area contributed by atoms with Crippen LogP contribution in [0.1, 0.15) is 10.4 Å². The van der Waals surface area contributed by atoms with Gasteiger partial charge in [-0.1, -0.05) is 24.3 Å². The number of amides is 1. The SMILES string of the molecule is COc1ccccc1NC(=O)c1ccc2c(=O)n(-c3ccccc3F)cnc2c1. The van der Waals surface area contributed by atoms with Crippen LogP contribution in [0.5, 0.6) is 5.75 Å². The number of hydrogen-bond acceptors (Lipinski definition) is 4. The monoisotopic (exact) mass is 389 g/mol. The van der Waals surface area contributed by atoms with E-state index in [1.54, 1.807) is 36.4 Å². The van der Waals surface area contributed by atoms with Crippen LogP contribution in [0.2, 0.25) is 0 Å². The maximum atomic E-state index is 14.0. The second kappa shape index (κ2) is 7.55. The molecular formula is C22H16FN3O3. The van der Waals surface area contributed by atoms with Crippen LogP contribution in [0.3, 0.4) is 0 Å². The van der Waals surface area contributed by atoms with Crippen molar-refractivity contribution in [2.75, 3.05) is 12.4 Å². The lowest BCUT2D eigenvalue weighted by atomic mass is 10.1. The lowest BCUT2D eigenvalue weighted by Crippen LogP contribution is -2.20. The van der Waals surface area contributed by atoms with Gasteiger partial charge in [0.25, 0.3) is 11.5 Å². The summed E-state index contributed by atoms with van der Waals surface area (Å²) in [6.45, 7) is 0. The van der Waals surface area contributed by atoms with E-state index in [0.717, 1.165) is 4.57 Å². The minimum absolute atomic E-state index is 0.116. The van der Waals surface area contributed by atoms with Gasteiger partial charge in [-0.15, -0.1) is 0 Å². The summed E-state index contributed by atoms with van der Waals surface area (Å²) < 4.78 is 20.4. The highest BCUT2D eigenvalue weighted by atomic mass is 19.1. The van der Waals surface area contributed by atoms with Crippen LogP contribution in [-0.2, 0) is 0 Å². The van der Waals surface area contributed by atoms with E-state index < -0.39 is 11.4 Å². The van der Waals surface area contributed by atoms with Gasteiger partial charge in [0, 0.05) is 5.56 Å². The molecule has 0 saturated carbocycles. The summed E-state index contributed by atoms with van der Waals surface area (Å²) >= 11 is 0. The quantitative estimate of drug-likeness (QED) is 0.576. The molecule has 0 saturated heterocycles. The Morgan fingerprint density at radius 2 is 1.83 bits per heavy atom. The van der Waals surface area contributed by atoms with E-state index in [0.29, 0.717) is 22.5 Å². The fraction of sp³-hybridized carbons (Fsp3) is 0.0455. The first-order valence-corrected chi connectivity index (χ1v) is 8.79. The van der Waals surface area contributed by atoms with E-state index in [1.165, 1.54) is 43.8 Å². The van der Waals surface area contributed by atoms with Crippen molar-refractivity contribution in [2.24, 2.45) is 0 Å². The number of hydrogen-bond donors (Lipinski definition) is 1. The van der Waals surface area contributed by atoms with Gasteiger partial charge in [0.15, 0.2) is 0 Å². The number of aromatic nitrogens is 2. The smallest absolute Gasteiger partial charge is 0.265 e. The molecule has 0 bridgehead atoms. The van der Waals surface area contributed by atoms with E-state index >= 15 is 0 Å². The molecule has 1 N–H and O–H groups in total. The largest absolute Gasteiger partial charge is 0.495 e. The van der Waals surface area contributed by atoms with Crippen molar-refractivity contribution in [2.45, 2.75) is 0 Å². The minimum Gasteiger partial charge on any atom is -0.495 e. The van der Waals surface area contributed by atoms with E-state index in [-0.39, 0.29) is 17.0 Å². The van der Waals surface area contributed by atoms with Crippen molar-refractivity contribution in [3.63, 3.8) is 0 Å². The number of nitrogens with zero attached hydrogens (tertiary/aromatic N) is 2. The normalized spacial score (nSPS) is 10.7. The molecule has 144 valence electrons. The number of nitrogens with one attached hydrogen (secondary N) is 1. The molecule has 1 amide bonds. The fourth-order valence-electron chi connectivity index (χ4n) is 3.02. The van der Waals surface area contributed by atoms with Gasteiger partial charge < -0.3 is 10.1 Å². The third-order valence-electron chi connectivity index (χ3n) is 4.49. The maximum Gasteiger partial charge on any atom is 0.265 e. The first-order valence-electron chi connectivity index (χ1n) is 8.79. The summed E-state index contributed by atoms with van der Waals surface area (Å²) in [5, 5.41) is 3.06. The van der Waals surface area contributed by atoms with E-state index in [2.05, 4.69) is 10.3 Å². The first-order chi connectivity index (χ1) is 14.1. The molecular weight excluding hydrogens is 373 g/mol. The number of fused-ring (bicyclic) bond motifs is 1. The lowest BCUT2D eigenvalue weighted by Gasteiger charge is -2.11. The van der Waals surface area contributed by atoms with Crippen LogP contribution in [0.15, 0.2) is 77.9 Å². The van der Waals surface area contributed by atoms with Crippen LogP contribution in [0.4, 0.5) is 10.1 Å². The number of para-hydroxylation sites is 3. The predicted molar refractivity (Wildman–Crippen MR) is 108 cm³/mol. The van der Waals surface area contributed by atoms with Gasteiger partial charge in [0.05, 0.1) is 29.4 Å². The number of rotatable bonds is 4. The molecule has 1 aromatic heterocycles. The van der Waals surface area contributed by atoms with Crippen LogP contribution in [0.25, 0.3) is 16.6 Å². The molecule has 0 radical (unpaired) electrons. The third kappa shape index (κ3) is 3.45. The number of carbonyl (C=O) groups excluding carboxylic acids is 1. The van der Waals surface area contributed by atoms with Crippen molar-refractivity contribution in [3.8, 4) is 11.4 Å². The van der Waals surface area contributed by atoms with Crippen LogP contribution in [0, 0.1) is 5.82 Å². The Bertz CT molecular complexity index is 1280. The molecule has 29 heavy (non-hydrogen) atoms. The Kier molecular flexibility index (Phi) is 4.78. The molecule has 4 aromatic rings. The second-order valence-corrected chi connectivity index (χ2v) is 6.26. The maximum absolute atomic E-state index is 14.0. The summed E-state index contributed by atoms with van der Waals surface area (Å²) in [7, 11) is 1.52. The minimum atomic E-state index is -0.524. The molecule has 0 aliphatic heterocycles. The lowest BCUT2D eigenvalue weighted by molar-refractivity contribution is 0.102. The number of carbonyl (C=O) groups is 1. The summed E-state index contributed by atoms with van der Waals surface area (Å²) in [5.74, 6) is -0.354. The number of methoxy groups -OCH3 is 1. The Morgan fingerprint density at radius 3 is 2.62 bits per heavy atom. The van der Waals surface area contributed by atoms with Crippen LogP contribution < -0.4 is 15.6 Å². The molecule has 0 unspecified atom stereocenters. The molecule has 7 heteroatoms. The number of benzene rings is 3. The number of anilines is 1. The van der Waals surface area contributed by atoms with Gasteiger partial charge in [-0.2, -0.15) is 0 Å². The highest BCUT2D eigenvalue weighted by molar-refractivity contribution is 6.06. The number of ether oxygens (including phenoxy) is 1. The van der Waals surface area contributed by atoms with Gasteiger partial charge in [0.2, 0.25) is 0 Å². The van der Waals surface area contributed by atoms with Gasteiger partial charge in [-0.25, -0.2) is 9.37 Å². The summed E-state index contributed by atoms with van der Waals surface area (Å²) in [5.41, 5.74) is 0.902. The molecule has 0 aliphatic carbocycles. The molecule has 6 nitrogen and oxygen atoms in total. The Morgan fingerprint density at radius 1 is 1.07 bits per heavy atom. The molecule has 0 spiro atoms. The molecule has 3 aromatic carbocycles. The average molecular weight is 389 g/mol. The highest BCUT2D eigenvalue weighted by Crippen LogP contribution is 2.24. The molecule has 0 fully saturated rings. The molecule has 1 heterocycles. The zero-order valence-corrected chi connectivity index (χ0v) is 15.4. The predicted octanol–water partition coefficient (Wildman–Crippen LogP) is 3.79. The van der Waals surface area contributed by atoms with Crippen LogP contribution in [-0.4, -0.2) is 22.6 Å². The zero-order valence-electron chi connectivity index (χ0n) is 15.4. The van der Waals surface area contributed by atoms with Gasteiger partial charge in [-0.05, 0) is 42.5 Å². The summed E-state index contributed by atoms with van der Waals surface area (Å²) in [4.78, 5) is 29.6. The number of halogens is 1. The molecule has 0 atom stereocenters. The van der Waals surface area contributed by atoms with Crippen molar-refractivity contribution >= 4 is 22.5 Å². The second-order valence-electron chi connectivity index (χ2n) is 6.26. The van der Waals surface area contributed by atoms with E-state index in [9.17, 15) is 14.0 Å². The fourth-order valence-corrected chi connectivity index (χ4v) is 3.02.